The van der Waals surface area contributed by atoms with Crippen molar-refractivity contribution >= 4 is 15.9 Å². The number of nitriles is 1. The maximum atomic E-state index is 12.5. The van der Waals surface area contributed by atoms with Crippen LogP contribution in [-0.2, 0) is 25.0 Å². The number of sulfonamides is 1. The Morgan fingerprint density at radius 2 is 2.04 bits per heavy atom. The van der Waals surface area contributed by atoms with E-state index in [0.717, 1.165) is 0 Å². The molecule has 1 saturated heterocycles. The summed E-state index contributed by atoms with van der Waals surface area (Å²) in [5.74, 6) is -0.658. The van der Waals surface area contributed by atoms with E-state index < -0.39 is 21.3 Å². The van der Waals surface area contributed by atoms with Gasteiger partial charge in [0.25, 0.3) is 0 Å². The first-order valence-corrected chi connectivity index (χ1v) is 9.53. The van der Waals surface area contributed by atoms with E-state index in [1.54, 1.807) is 38.1 Å². The lowest BCUT2D eigenvalue weighted by Gasteiger charge is -2.26. The van der Waals surface area contributed by atoms with Gasteiger partial charge in [0, 0.05) is 13.2 Å². The minimum atomic E-state index is -3.71. The van der Waals surface area contributed by atoms with Crippen LogP contribution in [0, 0.1) is 17.2 Å². The monoisotopic (exact) mass is 350 g/mol. The van der Waals surface area contributed by atoms with Gasteiger partial charge in [-0.2, -0.15) is 5.26 Å². The van der Waals surface area contributed by atoms with Crippen LogP contribution >= 0.6 is 0 Å². The highest BCUT2D eigenvalue weighted by Crippen LogP contribution is 2.25. The van der Waals surface area contributed by atoms with Gasteiger partial charge in [0.05, 0.1) is 22.8 Å². The largest absolute Gasteiger partial charge is 0.381 e. The number of hydrogen-bond donors (Lipinski definition) is 1. The number of nitrogens with zero attached hydrogens (tertiary/aromatic N) is 1. The maximum absolute atomic E-state index is 12.5. The number of benzene rings is 1. The molecule has 0 unspecified atom stereocenters. The van der Waals surface area contributed by atoms with Crippen LogP contribution in [0.4, 0.5) is 0 Å². The van der Waals surface area contributed by atoms with Crippen LogP contribution in [0.25, 0.3) is 0 Å². The molecule has 1 aromatic rings. The zero-order valence-electron chi connectivity index (χ0n) is 13.9. The molecule has 1 amide bonds. The maximum Gasteiger partial charge on any atom is 0.243 e. The van der Waals surface area contributed by atoms with E-state index in [1.807, 2.05) is 6.07 Å². The predicted octanol–water partition coefficient (Wildman–Crippen LogP) is 1.71. The SMILES string of the molecule is CC(C)(C(=O)NS(=O)(=O)CC1CCOCC1)c1cccc(C#N)c1. The fraction of sp³-hybridized carbons (Fsp3) is 0.529. The third-order valence-corrected chi connectivity index (χ3v) is 5.73. The van der Waals surface area contributed by atoms with Gasteiger partial charge in [0.15, 0.2) is 0 Å². The summed E-state index contributed by atoms with van der Waals surface area (Å²) in [6.07, 6.45) is 1.37. The van der Waals surface area contributed by atoms with Gasteiger partial charge < -0.3 is 4.74 Å². The summed E-state index contributed by atoms with van der Waals surface area (Å²) in [7, 11) is -3.71. The Bertz CT molecular complexity index is 744. The third-order valence-electron chi connectivity index (χ3n) is 4.33. The molecule has 130 valence electrons. The number of rotatable bonds is 5. The number of carbonyl (C=O) groups excluding carboxylic acids is 1. The van der Waals surface area contributed by atoms with Gasteiger partial charge in [0.2, 0.25) is 15.9 Å². The second-order valence-electron chi connectivity index (χ2n) is 6.59. The molecule has 24 heavy (non-hydrogen) atoms. The van der Waals surface area contributed by atoms with Crippen LogP contribution < -0.4 is 4.72 Å². The van der Waals surface area contributed by atoms with E-state index in [0.29, 0.717) is 37.2 Å². The van der Waals surface area contributed by atoms with E-state index in [4.69, 9.17) is 10.00 Å². The number of nitrogens with one attached hydrogen (secondary N) is 1. The first-order chi connectivity index (χ1) is 11.2. The van der Waals surface area contributed by atoms with Crippen molar-refractivity contribution in [3.8, 4) is 6.07 Å². The van der Waals surface area contributed by atoms with Gasteiger partial charge in [-0.3, -0.25) is 9.52 Å². The zero-order chi connectivity index (χ0) is 17.8. The lowest BCUT2D eigenvalue weighted by molar-refractivity contribution is -0.123. The molecule has 0 spiro atoms. The molecule has 1 aliphatic rings. The Morgan fingerprint density at radius 1 is 1.38 bits per heavy atom. The van der Waals surface area contributed by atoms with Crippen LogP contribution in [0.2, 0.25) is 0 Å². The molecule has 0 radical (unpaired) electrons. The lowest BCUT2D eigenvalue weighted by atomic mass is 9.83. The standard InChI is InChI=1S/C17H22N2O4S/c1-17(2,15-5-3-4-14(10-15)11-18)16(20)19-24(21,22)12-13-6-8-23-9-7-13/h3-5,10,13H,6-9,12H2,1-2H3,(H,19,20). The average Bonchev–Trinajstić information content (AvgIpc) is 2.54. The third kappa shape index (κ3) is 4.56. The van der Waals surface area contributed by atoms with Crippen molar-refractivity contribution in [3.05, 3.63) is 35.4 Å². The molecule has 1 heterocycles. The molecule has 0 atom stereocenters. The van der Waals surface area contributed by atoms with E-state index in [2.05, 4.69) is 4.72 Å². The average molecular weight is 350 g/mol. The van der Waals surface area contributed by atoms with Crippen molar-refractivity contribution in [2.45, 2.75) is 32.1 Å². The Hall–Kier alpha value is -1.91. The zero-order valence-corrected chi connectivity index (χ0v) is 14.7. The Balaban J connectivity index is 2.10. The summed E-state index contributed by atoms with van der Waals surface area (Å²) < 4.78 is 32.0. The van der Waals surface area contributed by atoms with Crippen molar-refractivity contribution in [2.24, 2.45) is 5.92 Å². The first-order valence-electron chi connectivity index (χ1n) is 7.88. The summed E-state index contributed by atoms with van der Waals surface area (Å²) >= 11 is 0. The molecule has 0 bridgehead atoms. The summed E-state index contributed by atoms with van der Waals surface area (Å²) in [6, 6.07) is 8.65. The molecule has 2 rings (SSSR count). The minimum absolute atomic E-state index is 0.00841. The molecule has 0 aliphatic carbocycles. The van der Waals surface area contributed by atoms with Gasteiger partial charge in [0.1, 0.15) is 0 Å². The van der Waals surface area contributed by atoms with Crippen LogP contribution in [0.3, 0.4) is 0 Å². The molecule has 1 N–H and O–H groups in total. The van der Waals surface area contributed by atoms with Crippen LogP contribution in [-0.4, -0.2) is 33.3 Å². The number of carbonyl (C=O) groups is 1. The Kier molecular flexibility index (Phi) is 5.62. The second-order valence-corrected chi connectivity index (χ2v) is 8.35. The molecule has 1 aromatic carbocycles. The molecular weight excluding hydrogens is 328 g/mol. The predicted molar refractivity (Wildman–Crippen MR) is 89.7 cm³/mol. The molecule has 0 saturated carbocycles. The lowest BCUT2D eigenvalue weighted by Crippen LogP contribution is -2.45. The number of hydrogen-bond acceptors (Lipinski definition) is 5. The van der Waals surface area contributed by atoms with Gasteiger partial charge in [-0.25, -0.2) is 8.42 Å². The Morgan fingerprint density at radius 3 is 2.67 bits per heavy atom. The minimum Gasteiger partial charge on any atom is -0.381 e. The summed E-state index contributed by atoms with van der Waals surface area (Å²) in [4.78, 5) is 12.5. The van der Waals surface area contributed by atoms with E-state index >= 15 is 0 Å². The van der Waals surface area contributed by atoms with Crippen LogP contribution in [0.15, 0.2) is 24.3 Å². The smallest absolute Gasteiger partial charge is 0.243 e. The van der Waals surface area contributed by atoms with E-state index in [1.165, 1.54) is 0 Å². The molecular formula is C17H22N2O4S. The summed E-state index contributed by atoms with van der Waals surface area (Å²) in [5.41, 5.74) is -0.0333. The highest BCUT2D eigenvalue weighted by atomic mass is 32.2. The first kappa shape index (κ1) is 18.4. The molecule has 1 fully saturated rings. The fourth-order valence-electron chi connectivity index (χ4n) is 2.64. The van der Waals surface area contributed by atoms with Crippen molar-refractivity contribution in [2.75, 3.05) is 19.0 Å². The highest BCUT2D eigenvalue weighted by molar-refractivity contribution is 7.90. The quantitative estimate of drug-likeness (QED) is 0.872. The molecule has 1 aliphatic heterocycles. The topological polar surface area (TPSA) is 96.3 Å². The van der Waals surface area contributed by atoms with Crippen molar-refractivity contribution < 1.29 is 17.9 Å². The van der Waals surface area contributed by atoms with Crippen molar-refractivity contribution in [3.63, 3.8) is 0 Å². The van der Waals surface area contributed by atoms with Crippen molar-refractivity contribution in [1.82, 2.24) is 4.72 Å². The van der Waals surface area contributed by atoms with Gasteiger partial charge in [-0.15, -0.1) is 0 Å². The second kappa shape index (κ2) is 7.32. The molecule has 7 heteroatoms. The van der Waals surface area contributed by atoms with Gasteiger partial charge in [-0.05, 0) is 50.3 Å². The summed E-state index contributed by atoms with van der Waals surface area (Å²) in [5, 5.41) is 8.98. The van der Waals surface area contributed by atoms with Gasteiger partial charge >= 0.3 is 0 Å². The highest BCUT2D eigenvalue weighted by Gasteiger charge is 2.33. The molecule has 0 aromatic heterocycles. The van der Waals surface area contributed by atoms with E-state index in [9.17, 15) is 13.2 Å². The molecule has 6 nitrogen and oxygen atoms in total. The van der Waals surface area contributed by atoms with Gasteiger partial charge in [-0.1, -0.05) is 12.1 Å². The fourth-order valence-corrected chi connectivity index (χ4v) is 4.22. The normalized spacial score (nSPS) is 16.4. The summed E-state index contributed by atoms with van der Waals surface area (Å²) in [6.45, 7) is 4.40. The van der Waals surface area contributed by atoms with Crippen LogP contribution in [0.5, 0.6) is 0 Å². The number of amides is 1. The van der Waals surface area contributed by atoms with E-state index in [-0.39, 0.29) is 11.7 Å². The van der Waals surface area contributed by atoms with Crippen molar-refractivity contribution in [1.29, 1.82) is 5.26 Å². The number of ether oxygens (including phenoxy) is 1. The van der Waals surface area contributed by atoms with Crippen LogP contribution in [0.1, 0.15) is 37.8 Å². The Labute approximate surface area is 142 Å².